The summed E-state index contributed by atoms with van der Waals surface area (Å²) in [5.41, 5.74) is 0.410. The van der Waals surface area contributed by atoms with E-state index in [0.717, 1.165) is 12.1 Å². The van der Waals surface area contributed by atoms with Crippen molar-refractivity contribution >= 4 is 11.6 Å². The Morgan fingerprint density at radius 2 is 1.79 bits per heavy atom. The summed E-state index contributed by atoms with van der Waals surface area (Å²) in [5, 5.41) is 2.60. The maximum absolute atomic E-state index is 11.9. The Bertz CT molecular complexity index is 430. The van der Waals surface area contributed by atoms with Crippen LogP contribution in [-0.4, -0.2) is 37.3 Å². The molecule has 0 aliphatic heterocycles. The Hall–Kier alpha value is -1.76. The number of anilines is 1. The van der Waals surface area contributed by atoms with Crippen molar-refractivity contribution in [3.05, 3.63) is 24.3 Å². The molecule has 0 aliphatic carbocycles. The Morgan fingerprint density at radius 1 is 1.26 bits per heavy atom. The number of nitrogens with one attached hydrogen (secondary N) is 1. The van der Waals surface area contributed by atoms with Crippen LogP contribution in [0.4, 0.5) is 18.9 Å². The molecule has 0 fully saturated rings. The number of likely N-dealkylation sites (N-methyl/N-ethyl adjacent to an activating group) is 1. The minimum absolute atomic E-state index is 0.241. The van der Waals surface area contributed by atoms with Gasteiger partial charge in [0, 0.05) is 5.69 Å². The number of rotatable bonds is 4. The number of amides is 1. The molecule has 19 heavy (non-hydrogen) atoms. The fraction of sp³-hybridized carbons (Fsp3) is 0.417. The van der Waals surface area contributed by atoms with Gasteiger partial charge in [0.15, 0.2) is 0 Å². The van der Waals surface area contributed by atoms with Crippen LogP contribution in [-0.2, 0) is 4.79 Å². The van der Waals surface area contributed by atoms with Crippen molar-refractivity contribution in [3.8, 4) is 5.75 Å². The van der Waals surface area contributed by atoms with E-state index >= 15 is 0 Å². The molecule has 0 heterocycles. The monoisotopic (exact) mass is 276 g/mol. The van der Waals surface area contributed by atoms with Gasteiger partial charge in [-0.3, -0.25) is 9.69 Å². The van der Waals surface area contributed by atoms with E-state index in [9.17, 15) is 18.0 Å². The second kappa shape index (κ2) is 5.92. The number of ether oxygens (including phenoxy) is 1. The standard InChI is InChI=1S/C12H15F3N2O2/c1-8(17(2)3)11(18)16-9-4-6-10(7-5-9)19-12(13,14)15/h4-8H,1-3H3,(H,16,18)/t8-/m0/s1. The summed E-state index contributed by atoms with van der Waals surface area (Å²) in [6.45, 7) is 1.72. The lowest BCUT2D eigenvalue weighted by Gasteiger charge is -2.19. The number of benzene rings is 1. The zero-order valence-electron chi connectivity index (χ0n) is 10.8. The first-order valence-corrected chi connectivity index (χ1v) is 5.52. The molecule has 1 rings (SSSR count). The summed E-state index contributed by atoms with van der Waals surface area (Å²) >= 11 is 0. The fourth-order valence-electron chi connectivity index (χ4n) is 1.22. The Morgan fingerprint density at radius 3 is 2.21 bits per heavy atom. The number of carbonyl (C=O) groups excluding carboxylic acids is 1. The predicted octanol–water partition coefficient (Wildman–Crippen LogP) is 2.47. The average molecular weight is 276 g/mol. The van der Waals surface area contributed by atoms with Gasteiger partial charge in [0.05, 0.1) is 6.04 Å². The van der Waals surface area contributed by atoms with Gasteiger partial charge >= 0.3 is 6.36 Å². The molecule has 0 aliphatic rings. The van der Waals surface area contributed by atoms with Crippen LogP contribution < -0.4 is 10.1 Å². The molecule has 0 bridgehead atoms. The first kappa shape index (κ1) is 15.3. The molecule has 0 unspecified atom stereocenters. The van der Waals surface area contributed by atoms with E-state index in [1.165, 1.54) is 12.1 Å². The van der Waals surface area contributed by atoms with Crippen molar-refractivity contribution in [2.45, 2.75) is 19.3 Å². The quantitative estimate of drug-likeness (QED) is 0.918. The van der Waals surface area contributed by atoms with Gasteiger partial charge in [0.25, 0.3) is 0 Å². The summed E-state index contributed by atoms with van der Waals surface area (Å²) in [7, 11) is 3.51. The van der Waals surface area contributed by atoms with Crippen molar-refractivity contribution in [2.75, 3.05) is 19.4 Å². The number of hydrogen-bond donors (Lipinski definition) is 1. The molecule has 1 amide bonds. The third-order valence-corrected chi connectivity index (χ3v) is 2.51. The maximum Gasteiger partial charge on any atom is 0.573 e. The van der Waals surface area contributed by atoms with Gasteiger partial charge in [-0.25, -0.2) is 0 Å². The van der Waals surface area contributed by atoms with Crippen molar-refractivity contribution in [3.63, 3.8) is 0 Å². The molecule has 1 aromatic rings. The van der Waals surface area contributed by atoms with E-state index in [2.05, 4.69) is 10.1 Å². The number of carbonyl (C=O) groups is 1. The van der Waals surface area contributed by atoms with Crippen molar-refractivity contribution in [1.29, 1.82) is 0 Å². The SMILES string of the molecule is C[C@@H](C(=O)Nc1ccc(OC(F)(F)F)cc1)N(C)C. The highest BCUT2D eigenvalue weighted by molar-refractivity contribution is 5.94. The van der Waals surface area contributed by atoms with Gasteiger partial charge in [-0.2, -0.15) is 0 Å². The van der Waals surface area contributed by atoms with E-state index in [1.54, 1.807) is 25.9 Å². The fourth-order valence-corrected chi connectivity index (χ4v) is 1.22. The highest BCUT2D eigenvalue weighted by Gasteiger charge is 2.30. The van der Waals surface area contributed by atoms with Gasteiger partial charge in [-0.1, -0.05) is 0 Å². The van der Waals surface area contributed by atoms with Crippen molar-refractivity contribution < 1.29 is 22.7 Å². The summed E-state index contributed by atoms with van der Waals surface area (Å²) in [6, 6.07) is 4.64. The van der Waals surface area contributed by atoms with Crippen LogP contribution in [0, 0.1) is 0 Å². The molecule has 0 saturated heterocycles. The predicted molar refractivity (Wildman–Crippen MR) is 64.9 cm³/mol. The summed E-state index contributed by atoms with van der Waals surface area (Å²) in [5.74, 6) is -0.569. The minimum Gasteiger partial charge on any atom is -0.406 e. The second-order valence-corrected chi connectivity index (χ2v) is 4.20. The zero-order chi connectivity index (χ0) is 14.6. The molecule has 0 saturated carbocycles. The molecule has 4 nitrogen and oxygen atoms in total. The lowest BCUT2D eigenvalue weighted by atomic mass is 10.2. The van der Waals surface area contributed by atoms with Crippen LogP contribution in [0.25, 0.3) is 0 Å². The number of hydrogen-bond acceptors (Lipinski definition) is 3. The highest BCUT2D eigenvalue weighted by atomic mass is 19.4. The molecule has 1 aromatic carbocycles. The third-order valence-electron chi connectivity index (χ3n) is 2.51. The highest BCUT2D eigenvalue weighted by Crippen LogP contribution is 2.23. The molecular formula is C12H15F3N2O2. The Kier molecular flexibility index (Phi) is 4.77. The number of nitrogens with zero attached hydrogens (tertiary/aromatic N) is 1. The van der Waals surface area contributed by atoms with Gasteiger partial charge in [-0.05, 0) is 45.3 Å². The molecule has 0 spiro atoms. The zero-order valence-corrected chi connectivity index (χ0v) is 10.8. The third kappa shape index (κ3) is 5.17. The number of halogens is 3. The Balaban J connectivity index is 2.65. The van der Waals surface area contributed by atoms with Gasteiger partial charge in [0.1, 0.15) is 5.75 Å². The van der Waals surface area contributed by atoms with Crippen molar-refractivity contribution in [1.82, 2.24) is 4.90 Å². The smallest absolute Gasteiger partial charge is 0.406 e. The van der Waals surface area contributed by atoms with Crippen LogP contribution in [0.15, 0.2) is 24.3 Å². The summed E-state index contributed by atoms with van der Waals surface area (Å²) < 4.78 is 39.6. The van der Waals surface area contributed by atoms with Crippen LogP contribution in [0.5, 0.6) is 5.75 Å². The molecule has 0 radical (unpaired) electrons. The van der Waals surface area contributed by atoms with Crippen LogP contribution >= 0.6 is 0 Å². The first-order chi connectivity index (χ1) is 8.69. The topological polar surface area (TPSA) is 41.6 Å². The molecule has 106 valence electrons. The number of alkyl halides is 3. The van der Waals surface area contributed by atoms with E-state index in [-0.39, 0.29) is 17.7 Å². The normalized spacial score (nSPS) is 13.2. The minimum atomic E-state index is -4.72. The van der Waals surface area contributed by atoms with Gasteiger partial charge in [-0.15, -0.1) is 13.2 Å². The van der Waals surface area contributed by atoms with Gasteiger partial charge in [0.2, 0.25) is 5.91 Å². The molecule has 1 N–H and O–H groups in total. The first-order valence-electron chi connectivity index (χ1n) is 5.52. The maximum atomic E-state index is 11.9. The summed E-state index contributed by atoms with van der Waals surface area (Å²) in [6.07, 6.45) is -4.72. The second-order valence-electron chi connectivity index (χ2n) is 4.20. The molecule has 1 atom stereocenters. The van der Waals surface area contributed by atoms with Crippen LogP contribution in [0.1, 0.15) is 6.92 Å². The van der Waals surface area contributed by atoms with Crippen molar-refractivity contribution in [2.24, 2.45) is 0 Å². The lowest BCUT2D eigenvalue weighted by Crippen LogP contribution is -2.37. The van der Waals surface area contributed by atoms with Gasteiger partial charge < -0.3 is 10.1 Å². The van der Waals surface area contributed by atoms with E-state index < -0.39 is 6.36 Å². The molecule has 7 heteroatoms. The van der Waals surface area contributed by atoms with Crippen LogP contribution in [0.3, 0.4) is 0 Å². The molecule has 0 aromatic heterocycles. The Labute approximate surface area is 109 Å². The molecular weight excluding hydrogens is 261 g/mol. The summed E-state index contributed by atoms with van der Waals surface area (Å²) in [4.78, 5) is 13.4. The van der Waals surface area contributed by atoms with E-state index in [4.69, 9.17) is 0 Å². The largest absolute Gasteiger partial charge is 0.573 e. The van der Waals surface area contributed by atoms with Crippen LogP contribution in [0.2, 0.25) is 0 Å². The average Bonchev–Trinajstić information content (AvgIpc) is 2.28. The van der Waals surface area contributed by atoms with E-state index in [1.807, 2.05) is 0 Å². The lowest BCUT2D eigenvalue weighted by molar-refractivity contribution is -0.274. The van der Waals surface area contributed by atoms with E-state index in [0.29, 0.717) is 5.69 Å².